The second kappa shape index (κ2) is 7.89. The van der Waals surface area contributed by atoms with E-state index in [1.807, 2.05) is 29.8 Å². The summed E-state index contributed by atoms with van der Waals surface area (Å²) in [7, 11) is 1.95. The zero-order chi connectivity index (χ0) is 18.6. The van der Waals surface area contributed by atoms with Crippen molar-refractivity contribution in [1.82, 2.24) is 24.4 Å². The number of piperazine rings is 1. The fourth-order valence-electron chi connectivity index (χ4n) is 3.35. The van der Waals surface area contributed by atoms with Crippen LogP contribution in [0.3, 0.4) is 0 Å². The molecule has 4 rings (SSSR count). The Labute approximate surface area is 158 Å². The SMILES string of the molecule is Cn1cnc2c(NCc3ccccc3)nc(N3CCN(CCO)CC3)nc21. The minimum absolute atomic E-state index is 0.199. The van der Waals surface area contributed by atoms with Crippen LogP contribution in [0, 0.1) is 0 Å². The normalized spacial score (nSPS) is 15.4. The summed E-state index contributed by atoms with van der Waals surface area (Å²) in [4.78, 5) is 18.5. The maximum absolute atomic E-state index is 9.12. The molecule has 0 saturated carbocycles. The lowest BCUT2D eigenvalue weighted by Crippen LogP contribution is -2.47. The number of nitrogens with one attached hydrogen (secondary N) is 1. The molecule has 2 N–H and O–H groups in total. The van der Waals surface area contributed by atoms with Gasteiger partial charge in [-0.2, -0.15) is 9.97 Å². The minimum Gasteiger partial charge on any atom is -0.395 e. The maximum atomic E-state index is 9.12. The fourth-order valence-corrected chi connectivity index (χ4v) is 3.35. The second-order valence-electron chi connectivity index (χ2n) is 6.79. The summed E-state index contributed by atoms with van der Waals surface area (Å²) in [6.07, 6.45) is 1.77. The molecule has 0 aliphatic carbocycles. The first-order valence-corrected chi connectivity index (χ1v) is 9.29. The summed E-state index contributed by atoms with van der Waals surface area (Å²) < 4.78 is 1.93. The Balaban J connectivity index is 1.57. The third kappa shape index (κ3) is 3.86. The van der Waals surface area contributed by atoms with E-state index < -0.39 is 0 Å². The van der Waals surface area contributed by atoms with Crippen molar-refractivity contribution in [1.29, 1.82) is 0 Å². The first kappa shape index (κ1) is 17.7. The Kier molecular flexibility index (Phi) is 5.17. The Bertz CT molecular complexity index is 888. The van der Waals surface area contributed by atoms with Gasteiger partial charge in [0.05, 0.1) is 12.9 Å². The Morgan fingerprint density at radius 2 is 1.85 bits per heavy atom. The maximum Gasteiger partial charge on any atom is 0.229 e. The lowest BCUT2D eigenvalue weighted by Gasteiger charge is -2.34. The molecule has 0 atom stereocenters. The van der Waals surface area contributed by atoms with Crippen molar-refractivity contribution in [3.63, 3.8) is 0 Å². The van der Waals surface area contributed by atoms with Crippen LogP contribution in [0.1, 0.15) is 5.56 Å². The molecule has 8 heteroatoms. The van der Waals surface area contributed by atoms with Crippen LogP contribution in [0.25, 0.3) is 11.2 Å². The predicted molar refractivity (Wildman–Crippen MR) is 106 cm³/mol. The molecule has 1 saturated heterocycles. The van der Waals surface area contributed by atoms with Crippen LogP contribution in [-0.4, -0.2) is 68.9 Å². The van der Waals surface area contributed by atoms with Gasteiger partial charge in [-0.3, -0.25) is 4.90 Å². The van der Waals surface area contributed by atoms with Crippen molar-refractivity contribution < 1.29 is 5.11 Å². The number of rotatable bonds is 6. The van der Waals surface area contributed by atoms with E-state index in [1.165, 1.54) is 5.56 Å². The molecule has 1 aromatic carbocycles. The van der Waals surface area contributed by atoms with Crippen molar-refractivity contribution in [3.8, 4) is 0 Å². The lowest BCUT2D eigenvalue weighted by atomic mass is 10.2. The lowest BCUT2D eigenvalue weighted by molar-refractivity contribution is 0.188. The summed E-state index contributed by atoms with van der Waals surface area (Å²) >= 11 is 0. The number of imidazole rings is 1. The number of hydrogen-bond acceptors (Lipinski definition) is 7. The molecule has 8 nitrogen and oxygen atoms in total. The van der Waals surface area contributed by atoms with Gasteiger partial charge in [0, 0.05) is 46.3 Å². The monoisotopic (exact) mass is 367 g/mol. The molecule has 27 heavy (non-hydrogen) atoms. The van der Waals surface area contributed by atoms with Gasteiger partial charge in [-0.05, 0) is 5.56 Å². The van der Waals surface area contributed by atoms with Gasteiger partial charge in [0.15, 0.2) is 17.0 Å². The van der Waals surface area contributed by atoms with Gasteiger partial charge in [-0.15, -0.1) is 0 Å². The van der Waals surface area contributed by atoms with Gasteiger partial charge in [0.1, 0.15) is 0 Å². The van der Waals surface area contributed by atoms with Gasteiger partial charge >= 0.3 is 0 Å². The standard InChI is InChI=1S/C19H25N7O/c1-24-14-21-16-17(20-13-15-5-3-2-4-6-15)22-19(23-18(16)24)26-9-7-25(8-10-26)11-12-27/h2-6,14,27H,7-13H2,1H3,(H,20,22,23). The number of aryl methyl sites for hydroxylation is 1. The number of aliphatic hydroxyl groups is 1. The third-order valence-corrected chi connectivity index (χ3v) is 4.92. The van der Waals surface area contributed by atoms with Crippen molar-refractivity contribution in [2.75, 3.05) is 49.5 Å². The molecule has 142 valence electrons. The molecule has 0 radical (unpaired) electrons. The number of anilines is 2. The number of hydrogen-bond donors (Lipinski definition) is 2. The Morgan fingerprint density at radius 1 is 1.07 bits per heavy atom. The van der Waals surface area contributed by atoms with Crippen molar-refractivity contribution in [2.24, 2.45) is 7.05 Å². The van der Waals surface area contributed by atoms with Crippen LogP contribution >= 0.6 is 0 Å². The molecule has 1 aliphatic rings. The number of fused-ring (bicyclic) bond motifs is 1. The smallest absolute Gasteiger partial charge is 0.229 e. The number of β-amino-alcohol motifs (C(OH)–C–C–N with tert-alkyl or cyclic N) is 1. The van der Waals surface area contributed by atoms with E-state index in [0.717, 1.165) is 55.7 Å². The third-order valence-electron chi connectivity index (χ3n) is 4.92. The van der Waals surface area contributed by atoms with Crippen LogP contribution < -0.4 is 10.2 Å². The van der Waals surface area contributed by atoms with Gasteiger partial charge in [0.2, 0.25) is 5.95 Å². The molecule has 1 aliphatic heterocycles. The Morgan fingerprint density at radius 3 is 2.59 bits per heavy atom. The topological polar surface area (TPSA) is 82.3 Å². The zero-order valence-electron chi connectivity index (χ0n) is 15.5. The van der Waals surface area contributed by atoms with E-state index in [-0.39, 0.29) is 6.61 Å². The van der Waals surface area contributed by atoms with E-state index >= 15 is 0 Å². The van der Waals surface area contributed by atoms with E-state index in [2.05, 4.69) is 32.2 Å². The summed E-state index contributed by atoms with van der Waals surface area (Å²) in [6, 6.07) is 10.3. The van der Waals surface area contributed by atoms with Crippen molar-refractivity contribution in [3.05, 3.63) is 42.2 Å². The number of aliphatic hydroxyl groups excluding tert-OH is 1. The second-order valence-corrected chi connectivity index (χ2v) is 6.79. The average Bonchev–Trinajstić information content (AvgIpc) is 3.09. The summed E-state index contributed by atoms with van der Waals surface area (Å²) in [6.45, 7) is 5.11. The van der Waals surface area contributed by atoms with Crippen molar-refractivity contribution >= 4 is 22.9 Å². The highest BCUT2D eigenvalue weighted by Gasteiger charge is 2.21. The quantitative estimate of drug-likeness (QED) is 0.675. The first-order valence-electron chi connectivity index (χ1n) is 9.29. The number of benzene rings is 1. The van der Waals surface area contributed by atoms with Gasteiger partial charge in [0.25, 0.3) is 0 Å². The molecule has 0 spiro atoms. The molecule has 0 unspecified atom stereocenters. The van der Waals surface area contributed by atoms with Crippen LogP contribution in [0.2, 0.25) is 0 Å². The molecular formula is C19H25N7O. The molecule has 0 amide bonds. The average molecular weight is 367 g/mol. The van der Waals surface area contributed by atoms with Crippen LogP contribution in [-0.2, 0) is 13.6 Å². The predicted octanol–water partition coefficient (Wildman–Crippen LogP) is 1.09. The zero-order valence-corrected chi connectivity index (χ0v) is 15.5. The molecule has 3 heterocycles. The highest BCUT2D eigenvalue weighted by molar-refractivity contribution is 5.84. The van der Waals surface area contributed by atoms with Gasteiger partial charge < -0.3 is 19.9 Å². The van der Waals surface area contributed by atoms with E-state index in [1.54, 1.807) is 6.33 Å². The van der Waals surface area contributed by atoms with Crippen molar-refractivity contribution in [2.45, 2.75) is 6.54 Å². The highest BCUT2D eigenvalue weighted by Crippen LogP contribution is 2.23. The van der Waals surface area contributed by atoms with Crippen LogP contribution in [0.4, 0.5) is 11.8 Å². The molecular weight excluding hydrogens is 342 g/mol. The largest absolute Gasteiger partial charge is 0.395 e. The first-order chi connectivity index (χ1) is 13.2. The van der Waals surface area contributed by atoms with Gasteiger partial charge in [-0.1, -0.05) is 30.3 Å². The fraction of sp³-hybridized carbons (Fsp3) is 0.421. The van der Waals surface area contributed by atoms with E-state index in [0.29, 0.717) is 6.54 Å². The van der Waals surface area contributed by atoms with Crippen LogP contribution in [0.15, 0.2) is 36.7 Å². The minimum atomic E-state index is 0.199. The number of nitrogens with zero attached hydrogens (tertiary/aromatic N) is 6. The molecule has 1 fully saturated rings. The van der Waals surface area contributed by atoms with Gasteiger partial charge in [-0.25, -0.2) is 4.98 Å². The highest BCUT2D eigenvalue weighted by atomic mass is 16.3. The molecule has 0 bridgehead atoms. The van der Waals surface area contributed by atoms with E-state index in [4.69, 9.17) is 15.1 Å². The summed E-state index contributed by atoms with van der Waals surface area (Å²) in [5, 5.41) is 12.5. The summed E-state index contributed by atoms with van der Waals surface area (Å²) in [5.74, 6) is 1.49. The van der Waals surface area contributed by atoms with E-state index in [9.17, 15) is 0 Å². The number of aromatic nitrogens is 4. The Hall–Kier alpha value is -2.71. The molecule has 3 aromatic rings. The molecule has 2 aromatic heterocycles. The summed E-state index contributed by atoms with van der Waals surface area (Å²) in [5.41, 5.74) is 2.81. The van der Waals surface area contributed by atoms with Crippen LogP contribution in [0.5, 0.6) is 0 Å².